The molecule has 0 fully saturated rings. The van der Waals surface area contributed by atoms with Gasteiger partial charge in [-0.25, -0.2) is 0 Å². The van der Waals surface area contributed by atoms with Crippen LogP contribution in [0.15, 0.2) is 0 Å². The minimum Gasteiger partial charge on any atom is -0.481 e. The first-order valence-electron chi connectivity index (χ1n) is 4.52. The van der Waals surface area contributed by atoms with Crippen molar-refractivity contribution in [2.45, 2.75) is 26.2 Å². The monoisotopic (exact) mass is 183 g/mol. The summed E-state index contributed by atoms with van der Waals surface area (Å²) in [6.45, 7) is 3.51. The fourth-order valence-electron chi connectivity index (χ4n) is 1.02. The molecule has 1 unspecified atom stereocenters. The predicted molar refractivity (Wildman–Crippen MR) is 52.4 cm³/mol. The van der Waals surface area contributed by atoms with E-state index in [1.165, 1.54) is 0 Å². The topological polar surface area (TPSA) is 49.3 Å². The highest BCUT2D eigenvalue weighted by Gasteiger charge is 2.04. The number of terminal acetylenes is 1. The molecule has 0 aliphatic rings. The van der Waals surface area contributed by atoms with Crippen LogP contribution in [0.2, 0.25) is 0 Å². The van der Waals surface area contributed by atoms with Crippen molar-refractivity contribution in [2.24, 2.45) is 5.92 Å². The van der Waals surface area contributed by atoms with Gasteiger partial charge >= 0.3 is 5.97 Å². The second-order valence-corrected chi connectivity index (χ2v) is 3.21. The Balaban J connectivity index is 3.25. The zero-order chi connectivity index (χ0) is 10.1. The summed E-state index contributed by atoms with van der Waals surface area (Å²) in [6, 6.07) is 0. The summed E-state index contributed by atoms with van der Waals surface area (Å²) >= 11 is 0. The normalized spacial score (nSPS) is 12.0. The molecular weight excluding hydrogens is 166 g/mol. The number of nitrogens with one attached hydrogen (secondary N) is 1. The van der Waals surface area contributed by atoms with Gasteiger partial charge in [0.2, 0.25) is 0 Å². The Morgan fingerprint density at radius 2 is 2.31 bits per heavy atom. The molecule has 0 saturated carbocycles. The fraction of sp³-hybridized carbons (Fsp3) is 0.700. The number of aliphatic carboxylic acids is 1. The third-order valence-corrected chi connectivity index (χ3v) is 1.89. The summed E-state index contributed by atoms with van der Waals surface area (Å²) < 4.78 is 0. The van der Waals surface area contributed by atoms with Crippen molar-refractivity contribution in [1.29, 1.82) is 0 Å². The van der Waals surface area contributed by atoms with E-state index >= 15 is 0 Å². The SMILES string of the molecule is C#CCNCCC(C)CCC(=O)O. The van der Waals surface area contributed by atoms with Crippen LogP contribution < -0.4 is 5.32 Å². The molecule has 0 amide bonds. The van der Waals surface area contributed by atoms with Crippen LogP contribution in [0.25, 0.3) is 0 Å². The maximum atomic E-state index is 10.2. The van der Waals surface area contributed by atoms with Crippen molar-refractivity contribution in [1.82, 2.24) is 5.32 Å². The summed E-state index contributed by atoms with van der Waals surface area (Å²) in [6.07, 6.45) is 7.04. The van der Waals surface area contributed by atoms with Gasteiger partial charge in [-0.3, -0.25) is 4.79 Å². The van der Waals surface area contributed by atoms with Gasteiger partial charge in [0, 0.05) is 6.42 Å². The first-order valence-corrected chi connectivity index (χ1v) is 4.52. The third kappa shape index (κ3) is 8.90. The number of hydrogen-bond acceptors (Lipinski definition) is 2. The second kappa shape index (κ2) is 7.63. The van der Waals surface area contributed by atoms with Crippen molar-refractivity contribution >= 4 is 5.97 Å². The van der Waals surface area contributed by atoms with Gasteiger partial charge in [-0.1, -0.05) is 12.8 Å². The molecule has 13 heavy (non-hydrogen) atoms. The largest absolute Gasteiger partial charge is 0.481 e. The van der Waals surface area contributed by atoms with E-state index in [0.29, 0.717) is 12.5 Å². The summed E-state index contributed by atoms with van der Waals surface area (Å²) in [5.41, 5.74) is 0. The lowest BCUT2D eigenvalue weighted by atomic mass is 10.0. The van der Waals surface area contributed by atoms with E-state index < -0.39 is 5.97 Å². The number of carboxylic acid groups (broad SMARTS) is 1. The Morgan fingerprint density at radius 3 is 2.85 bits per heavy atom. The Morgan fingerprint density at radius 1 is 1.62 bits per heavy atom. The zero-order valence-corrected chi connectivity index (χ0v) is 8.05. The van der Waals surface area contributed by atoms with Crippen LogP contribution >= 0.6 is 0 Å². The molecule has 0 heterocycles. The molecule has 0 saturated heterocycles. The molecule has 1 atom stereocenters. The molecule has 0 aromatic rings. The third-order valence-electron chi connectivity index (χ3n) is 1.89. The molecule has 0 aromatic carbocycles. The highest BCUT2D eigenvalue weighted by atomic mass is 16.4. The van der Waals surface area contributed by atoms with Crippen molar-refractivity contribution in [3.8, 4) is 12.3 Å². The van der Waals surface area contributed by atoms with Crippen molar-refractivity contribution in [3.05, 3.63) is 0 Å². The van der Waals surface area contributed by atoms with E-state index in [2.05, 4.69) is 18.2 Å². The van der Waals surface area contributed by atoms with Crippen LogP contribution in [0.1, 0.15) is 26.2 Å². The molecule has 0 bridgehead atoms. The lowest BCUT2D eigenvalue weighted by Crippen LogP contribution is -2.17. The van der Waals surface area contributed by atoms with E-state index in [4.69, 9.17) is 11.5 Å². The number of carboxylic acids is 1. The van der Waals surface area contributed by atoms with Gasteiger partial charge in [0.1, 0.15) is 0 Å². The smallest absolute Gasteiger partial charge is 0.303 e. The minimum absolute atomic E-state index is 0.260. The van der Waals surface area contributed by atoms with Gasteiger partial charge < -0.3 is 10.4 Å². The highest BCUT2D eigenvalue weighted by molar-refractivity contribution is 5.66. The van der Waals surface area contributed by atoms with Crippen molar-refractivity contribution < 1.29 is 9.90 Å². The predicted octanol–water partition coefficient (Wildman–Crippen LogP) is 1.10. The van der Waals surface area contributed by atoms with Gasteiger partial charge in [-0.15, -0.1) is 6.42 Å². The molecule has 3 heteroatoms. The van der Waals surface area contributed by atoms with E-state index in [0.717, 1.165) is 19.4 Å². The number of rotatable bonds is 7. The van der Waals surface area contributed by atoms with Crippen LogP contribution in [0.3, 0.4) is 0 Å². The average Bonchev–Trinajstić information content (AvgIpc) is 2.09. The van der Waals surface area contributed by atoms with Crippen molar-refractivity contribution in [3.63, 3.8) is 0 Å². The Labute approximate surface area is 79.5 Å². The maximum absolute atomic E-state index is 10.2. The van der Waals surface area contributed by atoms with Crippen LogP contribution in [-0.2, 0) is 4.79 Å². The number of hydrogen-bond donors (Lipinski definition) is 2. The summed E-state index contributed by atoms with van der Waals surface area (Å²) in [5, 5.41) is 11.5. The lowest BCUT2D eigenvalue weighted by Gasteiger charge is -2.09. The number of carbonyl (C=O) groups is 1. The first kappa shape index (κ1) is 12.0. The minimum atomic E-state index is -0.719. The summed E-state index contributed by atoms with van der Waals surface area (Å²) in [5.74, 6) is 2.21. The van der Waals surface area contributed by atoms with Crippen molar-refractivity contribution in [2.75, 3.05) is 13.1 Å². The van der Waals surface area contributed by atoms with Gasteiger partial charge in [-0.05, 0) is 25.3 Å². The molecular formula is C10H17NO2. The molecule has 0 radical (unpaired) electrons. The first-order chi connectivity index (χ1) is 6.16. The molecule has 0 aliphatic heterocycles. The van der Waals surface area contributed by atoms with Gasteiger partial charge in [0.05, 0.1) is 6.54 Å². The summed E-state index contributed by atoms with van der Waals surface area (Å²) in [4.78, 5) is 10.2. The fourth-order valence-corrected chi connectivity index (χ4v) is 1.02. The molecule has 3 nitrogen and oxygen atoms in total. The maximum Gasteiger partial charge on any atom is 0.303 e. The molecule has 2 N–H and O–H groups in total. The lowest BCUT2D eigenvalue weighted by molar-refractivity contribution is -0.137. The van der Waals surface area contributed by atoms with Crippen LogP contribution in [0, 0.1) is 18.3 Å². The molecule has 0 aliphatic carbocycles. The van der Waals surface area contributed by atoms with Gasteiger partial charge in [0.15, 0.2) is 0 Å². The molecule has 0 rings (SSSR count). The van der Waals surface area contributed by atoms with E-state index in [-0.39, 0.29) is 6.42 Å². The van der Waals surface area contributed by atoms with Crippen LogP contribution in [0.4, 0.5) is 0 Å². The van der Waals surface area contributed by atoms with Crippen LogP contribution in [0.5, 0.6) is 0 Å². The molecule has 0 spiro atoms. The molecule has 74 valence electrons. The average molecular weight is 183 g/mol. The highest BCUT2D eigenvalue weighted by Crippen LogP contribution is 2.08. The van der Waals surface area contributed by atoms with Gasteiger partial charge in [-0.2, -0.15) is 0 Å². The van der Waals surface area contributed by atoms with Crippen LogP contribution in [-0.4, -0.2) is 24.2 Å². The second-order valence-electron chi connectivity index (χ2n) is 3.21. The Bertz CT molecular complexity index is 184. The summed E-state index contributed by atoms with van der Waals surface area (Å²) in [7, 11) is 0. The molecule has 0 aromatic heterocycles. The van der Waals surface area contributed by atoms with E-state index in [9.17, 15) is 4.79 Å². The Kier molecular flexibility index (Phi) is 7.04. The Hall–Kier alpha value is -1.01. The standard InChI is InChI=1S/C10H17NO2/c1-3-7-11-8-6-9(2)4-5-10(12)13/h1,9,11H,4-8H2,2H3,(H,12,13). The van der Waals surface area contributed by atoms with Gasteiger partial charge in [0.25, 0.3) is 0 Å². The van der Waals surface area contributed by atoms with E-state index in [1.54, 1.807) is 0 Å². The zero-order valence-electron chi connectivity index (χ0n) is 8.05. The van der Waals surface area contributed by atoms with E-state index in [1.807, 2.05) is 0 Å². The quantitative estimate of drug-likeness (QED) is 0.459.